The molecule has 0 radical (unpaired) electrons. The Morgan fingerprint density at radius 1 is 1.50 bits per heavy atom. The molecule has 0 bridgehead atoms. The molecule has 0 aliphatic rings. The van der Waals surface area contributed by atoms with Crippen LogP contribution in [0, 0.1) is 16.1 Å². The second kappa shape index (κ2) is 8.26. The molecule has 0 saturated heterocycles. The zero-order chi connectivity index (χ0) is 17.5. The summed E-state index contributed by atoms with van der Waals surface area (Å²) in [7, 11) is 0. The van der Waals surface area contributed by atoms with E-state index in [4.69, 9.17) is 22.2 Å². The van der Waals surface area contributed by atoms with Crippen molar-refractivity contribution >= 4 is 23.8 Å². The lowest BCUT2D eigenvalue weighted by atomic mass is 10.2. The van der Waals surface area contributed by atoms with Gasteiger partial charge in [0.2, 0.25) is 5.91 Å². The molecular formula is C16H19N5O2S. The Morgan fingerprint density at radius 3 is 2.96 bits per heavy atom. The van der Waals surface area contributed by atoms with E-state index in [1.54, 1.807) is 22.8 Å². The summed E-state index contributed by atoms with van der Waals surface area (Å²) in [6, 6.07) is 6.95. The summed E-state index contributed by atoms with van der Waals surface area (Å²) in [5.74, 6) is 1.00. The van der Waals surface area contributed by atoms with Crippen LogP contribution in [0.1, 0.15) is 31.7 Å². The average Bonchev–Trinajstić information content (AvgIpc) is 2.90. The van der Waals surface area contributed by atoms with Crippen molar-refractivity contribution in [2.75, 3.05) is 11.9 Å². The molecule has 0 aliphatic heterocycles. The molecule has 1 aromatic heterocycles. The van der Waals surface area contributed by atoms with Crippen LogP contribution in [0.5, 0.6) is 5.75 Å². The number of aromatic nitrogens is 3. The number of carbonyl (C=O) groups is 1. The lowest BCUT2D eigenvalue weighted by Gasteiger charge is -2.12. The Kier molecular flexibility index (Phi) is 6.09. The number of hydrogen-bond donors (Lipinski definition) is 2. The van der Waals surface area contributed by atoms with Crippen LogP contribution in [-0.2, 0) is 17.8 Å². The Balaban J connectivity index is 2.20. The lowest BCUT2D eigenvalue weighted by molar-refractivity contribution is -0.116. The summed E-state index contributed by atoms with van der Waals surface area (Å²) in [4.78, 5) is 12.4. The number of aryl methyl sites for hydroxylation is 1. The maximum absolute atomic E-state index is 12.4. The molecule has 0 aliphatic carbocycles. The molecule has 8 heteroatoms. The molecule has 2 N–H and O–H groups in total. The van der Waals surface area contributed by atoms with E-state index in [1.165, 1.54) is 0 Å². The van der Waals surface area contributed by atoms with E-state index in [9.17, 15) is 4.79 Å². The predicted octanol–water partition coefficient (Wildman–Crippen LogP) is 2.80. The number of amides is 1. The monoisotopic (exact) mass is 345 g/mol. The Labute approximate surface area is 145 Å². The van der Waals surface area contributed by atoms with Gasteiger partial charge in [0, 0.05) is 6.42 Å². The topological polar surface area (TPSA) is 95.7 Å². The van der Waals surface area contributed by atoms with E-state index in [1.807, 2.05) is 19.9 Å². The van der Waals surface area contributed by atoms with Gasteiger partial charge in [0.05, 0.1) is 23.9 Å². The minimum absolute atomic E-state index is 0.0486. The molecule has 126 valence electrons. The number of ether oxygens (including phenoxy) is 1. The van der Waals surface area contributed by atoms with Crippen LogP contribution >= 0.6 is 12.2 Å². The van der Waals surface area contributed by atoms with Gasteiger partial charge in [-0.3, -0.25) is 14.5 Å². The number of nitrogens with zero attached hydrogens (tertiary/aromatic N) is 3. The van der Waals surface area contributed by atoms with Crippen molar-refractivity contribution in [3.8, 4) is 11.8 Å². The van der Waals surface area contributed by atoms with E-state index in [0.29, 0.717) is 28.4 Å². The van der Waals surface area contributed by atoms with Gasteiger partial charge in [-0.2, -0.15) is 10.4 Å². The van der Waals surface area contributed by atoms with Crippen LogP contribution in [0.4, 0.5) is 5.69 Å². The number of benzene rings is 1. The Bertz CT molecular complexity index is 819. The Hall–Kier alpha value is -2.66. The van der Waals surface area contributed by atoms with Crippen LogP contribution in [0.15, 0.2) is 18.2 Å². The van der Waals surface area contributed by atoms with Gasteiger partial charge in [-0.1, -0.05) is 6.92 Å². The summed E-state index contributed by atoms with van der Waals surface area (Å²) in [6.07, 6.45) is 1.63. The average molecular weight is 345 g/mol. The van der Waals surface area contributed by atoms with Crippen LogP contribution in [0.25, 0.3) is 0 Å². The first kappa shape index (κ1) is 17.7. The van der Waals surface area contributed by atoms with Gasteiger partial charge in [-0.15, -0.1) is 0 Å². The SMILES string of the molecule is CCCc1n[nH]c(=S)n1CC(=O)Nc1cc(C#N)ccc1OCC. The van der Waals surface area contributed by atoms with Gasteiger partial charge in [-0.25, -0.2) is 0 Å². The van der Waals surface area contributed by atoms with Gasteiger partial charge < -0.3 is 10.1 Å². The standard InChI is InChI=1S/C16H19N5O2S/c1-3-5-14-19-20-16(24)21(14)10-15(22)18-12-8-11(9-17)6-7-13(12)23-4-2/h6-8H,3-5,10H2,1-2H3,(H,18,22)(H,20,24). The molecule has 2 aromatic rings. The third kappa shape index (κ3) is 4.20. The number of aromatic amines is 1. The lowest BCUT2D eigenvalue weighted by Crippen LogP contribution is -2.21. The van der Waals surface area contributed by atoms with Crippen LogP contribution in [-0.4, -0.2) is 27.3 Å². The molecule has 0 saturated carbocycles. The number of H-pyrrole nitrogens is 1. The normalized spacial score (nSPS) is 10.2. The maximum Gasteiger partial charge on any atom is 0.244 e. The quantitative estimate of drug-likeness (QED) is 0.752. The predicted molar refractivity (Wildman–Crippen MR) is 92.4 cm³/mol. The van der Waals surface area contributed by atoms with Gasteiger partial charge in [-0.05, 0) is 43.8 Å². The molecule has 0 unspecified atom stereocenters. The van der Waals surface area contributed by atoms with Crippen molar-refractivity contribution in [3.05, 3.63) is 34.4 Å². The van der Waals surface area contributed by atoms with E-state index < -0.39 is 0 Å². The van der Waals surface area contributed by atoms with Gasteiger partial charge >= 0.3 is 0 Å². The number of rotatable bonds is 7. The minimum atomic E-state index is -0.263. The molecule has 0 atom stereocenters. The van der Waals surface area contributed by atoms with Gasteiger partial charge in [0.15, 0.2) is 4.77 Å². The van der Waals surface area contributed by atoms with E-state index in [-0.39, 0.29) is 12.5 Å². The molecule has 0 fully saturated rings. The summed E-state index contributed by atoms with van der Waals surface area (Å²) >= 11 is 5.17. The third-order valence-corrected chi connectivity index (χ3v) is 3.61. The second-order valence-corrected chi connectivity index (χ2v) is 5.47. The summed E-state index contributed by atoms with van der Waals surface area (Å²) in [5.41, 5.74) is 0.910. The Morgan fingerprint density at radius 2 is 2.29 bits per heavy atom. The molecule has 24 heavy (non-hydrogen) atoms. The highest BCUT2D eigenvalue weighted by molar-refractivity contribution is 7.71. The molecular weight excluding hydrogens is 326 g/mol. The third-order valence-electron chi connectivity index (χ3n) is 3.30. The van der Waals surface area contributed by atoms with E-state index >= 15 is 0 Å². The first-order chi connectivity index (χ1) is 11.6. The molecule has 0 spiro atoms. The zero-order valence-corrected chi connectivity index (χ0v) is 14.4. The van der Waals surface area contributed by atoms with E-state index in [2.05, 4.69) is 15.5 Å². The van der Waals surface area contributed by atoms with Crippen molar-refractivity contribution < 1.29 is 9.53 Å². The van der Waals surface area contributed by atoms with Gasteiger partial charge in [0.25, 0.3) is 0 Å². The van der Waals surface area contributed by atoms with Crippen LogP contribution in [0.2, 0.25) is 0 Å². The van der Waals surface area contributed by atoms with Gasteiger partial charge in [0.1, 0.15) is 18.1 Å². The summed E-state index contributed by atoms with van der Waals surface area (Å²) < 4.78 is 7.56. The molecule has 1 heterocycles. The van der Waals surface area contributed by atoms with Crippen molar-refractivity contribution in [2.45, 2.75) is 33.2 Å². The van der Waals surface area contributed by atoms with Crippen molar-refractivity contribution in [1.82, 2.24) is 14.8 Å². The molecule has 1 aromatic carbocycles. The van der Waals surface area contributed by atoms with Crippen LogP contribution in [0.3, 0.4) is 0 Å². The number of nitriles is 1. The largest absolute Gasteiger partial charge is 0.492 e. The highest BCUT2D eigenvalue weighted by atomic mass is 32.1. The zero-order valence-electron chi connectivity index (χ0n) is 13.6. The first-order valence-corrected chi connectivity index (χ1v) is 8.10. The minimum Gasteiger partial charge on any atom is -0.492 e. The fourth-order valence-corrected chi connectivity index (χ4v) is 2.46. The van der Waals surface area contributed by atoms with E-state index in [0.717, 1.165) is 18.7 Å². The van der Waals surface area contributed by atoms with Crippen LogP contribution < -0.4 is 10.1 Å². The smallest absolute Gasteiger partial charge is 0.244 e. The highest BCUT2D eigenvalue weighted by Gasteiger charge is 2.13. The first-order valence-electron chi connectivity index (χ1n) is 7.69. The fourth-order valence-electron chi connectivity index (χ4n) is 2.24. The second-order valence-electron chi connectivity index (χ2n) is 5.09. The maximum atomic E-state index is 12.4. The van der Waals surface area contributed by atoms with Crippen molar-refractivity contribution in [1.29, 1.82) is 5.26 Å². The fraction of sp³-hybridized carbons (Fsp3) is 0.375. The van der Waals surface area contributed by atoms with Crippen molar-refractivity contribution in [2.24, 2.45) is 0 Å². The highest BCUT2D eigenvalue weighted by Crippen LogP contribution is 2.25. The number of anilines is 1. The summed E-state index contributed by atoms with van der Waals surface area (Å²) in [5, 5.41) is 18.7. The molecule has 2 rings (SSSR count). The molecule has 1 amide bonds. The number of carbonyl (C=O) groups excluding carboxylic acids is 1. The number of nitrogens with one attached hydrogen (secondary N) is 2. The van der Waals surface area contributed by atoms with Crippen molar-refractivity contribution in [3.63, 3.8) is 0 Å². The molecule has 7 nitrogen and oxygen atoms in total. The number of hydrogen-bond acceptors (Lipinski definition) is 5. The summed E-state index contributed by atoms with van der Waals surface area (Å²) in [6.45, 7) is 4.39.